The molecule has 0 unspecified atom stereocenters. The minimum Gasteiger partial charge on any atom is -0.388 e. The van der Waals surface area contributed by atoms with Gasteiger partial charge in [0.25, 0.3) is 5.91 Å². The van der Waals surface area contributed by atoms with Crippen LogP contribution in [0.25, 0.3) is 0 Å². The molecule has 6 heteroatoms. The Balaban J connectivity index is 1.74. The lowest BCUT2D eigenvalue weighted by Crippen LogP contribution is -2.59. The van der Waals surface area contributed by atoms with Crippen molar-refractivity contribution in [2.24, 2.45) is 0 Å². The van der Waals surface area contributed by atoms with E-state index >= 15 is 0 Å². The van der Waals surface area contributed by atoms with Gasteiger partial charge in [0.1, 0.15) is 0 Å². The fourth-order valence-electron chi connectivity index (χ4n) is 3.28. The van der Waals surface area contributed by atoms with E-state index in [0.29, 0.717) is 5.82 Å². The summed E-state index contributed by atoms with van der Waals surface area (Å²) >= 11 is 0. The number of aromatic amines is 1. The van der Waals surface area contributed by atoms with E-state index in [-0.39, 0.29) is 18.0 Å². The maximum Gasteiger partial charge on any atom is 0.290 e. The number of benzene rings is 1. The molecule has 0 radical (unpaired) electrons. The van der Waals surface area contributed by atoms with Gasteiger partial charge in [-0.2, -0.15) is 0 Å². The highest BCUT2D eigenvalue weighted by Crippen LogP contribution is 2.24. The molecule has 2 N–H and O–H groups in total. The Labute approximate surface area is 136 Å². The Morgan fingerprint density at radius 3 is 2.39 bits per heavy atom. The highest BCUT2D eigenvalue weighted by atomic mass is 16.2. The third kappa shape index (κ3) is 3.02. The Morgan fingerprint density at radius 1 is 1.22 bits per heavy atom. The van der Waals surface area contributed by atoms with Crippen LogP contribution in [0.15, 0.2) is 36.7 Å². The number of hydrogen-bond acceptors (Lipinski definition) is 4. The van der Waals surface area contributed by atoms with E-state index in [4.69, 9.17) is 0 Å². The van der Waals surface area contributed by atoms with Crippen LogP contribution in [0.5, 0.6) is 0 Å². The Morgan fingerprint density at radius 2 is 1.87 bits per heavy atom. The topological polar surface area (TPSA) is 64.3 Å². The molecule has 1 aliphatic rings. The van der Waals surface area contributed by atoms with Crippen LogP contribution in [0.3, 0.4) is 0 Å². The number of anilines is 2. The lowest BCUT2D eigenvalue weighted by Gasteiger charge is -2.45. The van der Waals surface area contributed by atoms with Crippen molar-refractivity contribution in [2.45, 2.75) is 25.9 Å². The Kier molecular flexibility index (Phi) is 4.23. The molecule has 1 aromatic carbocycles. The summed E-state index contributed by atoms with van der Waals surface area (Å²) in [6.07, 6.45) is 3.30. The Hall–Kier alpha value is -2.50. The molecule has 2 atom stereocenters. The number of aromatic nitrogens is 2. The van der Waals surface area contributed by atoms with Crippen molar-refractivity contribution < 1.29 is 4.79 Å². The quantitative estimate of drug-likeness (QED) is 0.912. The summed E-state index contributed by atoms with van der Waals surface area (Å²) in [6, 6.07) is 8.64. The summed E-state index contributed by atoms with van der Waals surface area (Å²) in [5.41, 5.74) is 2.29. The maximum atomic E-state index is 12.6. The van der Waals surface area contributed by atoms with E-state index in [1.165, 1.54) is 5.69 Å². The summed E-state index contributed by atoms with van der Waals surface area (Å²) in [7, 11) is 1.91. The van der Waals surface area contributed by atoms with Gasteiger partial charge in [-0.1, -0.05) is 0 Å². The molecule has 2 heterocycles. The number of H-pyrrole nitrogens is 1. The molecule has 0 aliphatic carbocycles. The highest BCUT2D eigenvalue weighted by Gasteiger charge is 2.34. The van der Waals surface area contributed by atoms with Gasteiger partial charge in [0, 0.05) is 56.0 Å². The summed E-state index contributed by atoms with van der Waals surface area (Å²) < 4.78 is 0. The number of rotatable bonds is 3. The highest BCUT2D eigenvalue weighted by molar-refractivity contribution is 5.91. The number of amides is 1. The third-order valence-electron chi connectivity index (χ3n) is 4.38. The van der Waals surface area contributed by atoms with E-state index in [1.54, 1.807) is 12.4 Å². The summed E-state index contributed by atoms with van der Waals surface area (Å²) in [5.74, 6) is 0.385. The molecule has 1 amide bonds. The molecule has 3 rings (SSSR count). The Bertz CT molecular complexity index is 640. The first-order valence-corrected chi connectivity index (χ1v) is 7.95. The number of carbonyl (C=O) groups is 1. The minimum absolute atomic E-state index is 0.0276. The SMILES string of the molecule is CNc1ccc(N2C[C@@H](C)N(C(=O)c3ncc[nH]3)[C@@H](C)C2)cc1. The van der Waals surface area contributed by atoms with E-state index in [1.807, 2.05) is 11.9 Å². The van der Waals surface area contributed by atoms with Crippen LogP contribution in [0.4, 0.5) is 11.4 Å². The molecule has 1 saturated heterocycles. The van der Waals surface area contributed by atoms with Crippen molar-refractivity contribution in [3.8, 4) is 0 Å². The van der Waals surface area contributed by atoms with E-state index in [2.05, 4.69) is 58.3 Å². The van der Waals surface area contributed by atoms with Gasteiger partial charge in [0.15, 0.2) is 5.82 Å². The first-order chi connectivity index (χ1) is 11.1. The molecule has 1 fully saturated rings. The van der Waals surface area contributed by atoms with E-state index < -0.39 is 0 Å². The summed E-state index contributed by atoms with van der Waals surface area (Å²) in [5, 5.41) is 3.13. The molecule has 0 bridgehead atoms. The van der Waals surface area contributed by atoms with Crippen LogP contribution in [-0.4, -0.2) is 53.0 Å². The average molecular weight is 313 g/mol. The second-order valence-electron chi connectivity index (χ2n) is 6.05. The fourth-order valence-corrected chi connectivity index (χ4v) is 3.28. The van der Waals surface area contributed by atoms with E-state index in [0.717, 1.165) is 18.8 Å². The second kappa shape index (κ2) is 6.32. The van der Waals surface area contributed by atoms with Crippen LogP contribution in [0.2, 0.25) is 0 Å². The zero-order chi connectivity index (χ0) is 16.4. The van der Waals surface area contributed by atoms with Crippen molar-refractivity contribution in [3.05, 3.63) is 42.5 Å². The molecule has 6 nitrogen and oxygen atoms in total. The molecule has 0 saturated carbocycles. The van der Waals surface area contributed by atoms with Gasteiger partial charge >= 0.3 is 0 Å². The number of carbonyl (C=O) groups excluding carboxylic acids is 1. The number of nitrogens with one attached hydrogen (secondary N) is 2. The number of hydrogen-bond donors (Lipinski definition) is 2. The molecule has 1 aromatic heterocycles. The molecule has 122 valence electrons. The predicted molar refractivity (Wildman–Crippen MR) is 91.9 cm³/mol. The predicted octanol–water partition coefficient (Wildman–Crippen LogP) is 2.19. The molecular formula is C17H23N5O. The molecule has 23 heavy (non-hydrogen) atoms. The smallest absolute Gasteiger partial charge is 0.290 e. The maximum absolute atomic E-state index is 12.6. The average Bonchev–Trinajstić information content (AvgIpc) is 3.08. The number of imidazole rings is 1. The van der Waals surface area contributed by atoms with Crippen molar-refractivity contribution >= 4 is 17.3 Å². The van der Waals surface area contributed by atoms with Gasteiger partial charge in [-0.25, -0.2) is 4.98 Å². The van der Waals surface area contributed by atoms with Gasteiger partial charge < -0.3 is 20.1 Å². The van der Waals surface area contributed by atoms with Crippen molar-refractivity contribution in [1.29, 1.82) is 0 Å². The van der Waals surface area contributed by atoms with E-state index in [9.17, 15) is 4.79 Å². The summed E-state index contributed by atoms with van der Waals surface area (Å²) in [6.45, 7) is 5.81. The lowest BCUT2D eigenvalue weighted by atomic mass is 10.1. The zero-order valence-corrected chi connectivity index (χ0v) is 13.8. The van der Waals surface area contributed by atoms with Crippen LogP contribution >= 0.6 is 0 Å². The minimum atomic E-state index is -0.0276. The monoisotopic (exact) mass is 313 g/mol. The molecule has 2 aromatic rings. The zero-order valence-electron chi connectivity index (χ0n) is 13.8. The standard InChI is InChI=1S/C17H23N5O/c1-12-10-21(15-6-4-14(18-3)5-7-15)11-13(2)22(12)17(23)16-19-8-9-20-16/h4-9,12-13,18H,10-11H2,1-3H3,(H,19,20)/t12-,13+. The van der Waals surface area contributed by atoms with Crippen molar-refractivity contribution in [2.75, 3.05) is 30.4 Å². The first-order valence-electron chi connectivity index (χ1n) is 7.95. The first kappa shape index (κ1) is 15.4. The molecular weight excluding hydrogens is 290 g/mol. The van der Waals surface area contributed by atoms with Gasteiger partial charge in [-0.3, -0.25) is 4.79 Å². The van der Waals surface area contributed by atoms with Crippen LogP contribution in [-0.2, 0) is 0 Å². The van der Waals surface area contributed by atoms with Gasteiger partial charge in [0.2, 0.25) is 0 Å². The van der Waals surface area contributed by atoms with Crippen molar-refractivity contribution in [3.63, 3.8) is 0 Å². The van der Waals surface area contributed by atoms with Crippen molar-refractivity contribution in [1.82, 2.24) is 14.9 Å². The van der Waals surface area contributed by atoms with Crippen LogP contribution in [0.1, 0.15) is 24.5 Å². The number of nitrogens with zero attached hydrogens (tertiary/aromatic N) is 3. The van der Waals surface area contributed by atoms with Crippen LogP contribution in [0, 0.1) is 0 Å². The normalized spacial score (nSPS) is 21.3. The van der Waals surface area contributed by atoms with Gasteiger partial charge in [-0.15, -0.1) is 0 Å². The largest absolute Gasteiger partial charge is 0.388 e. The summed E-state index contributed by atoms with van der Waals surface area (Å²) in [4.78, 5) is 23.9. The van der Waals surface area contributed by atoms with Gasteiger partial charge in [0.05, 0.1) is 0 Å². The third-order valence-corrected chi connectivity index (χ3v) is 4.38. The second-order valence-corrected chi connectivity index (χ2v) is 6.05. The lowest BCUT2D eigenvalue weighted by molar-refractivity contribution is 0.0563. The molecule has 0 spiro atoms. The fraction of sp³-hybridized carbons (Fsp3) is 0.412. The van der Waals surface area contributed by atoms with Gasteiger partial charge in [-0.05, 0) is 38.1 Å². The van der Waals surface area contributed by atoms with Crippen LogP contribution < -0.4 is 10.2 Å². The number of piperazine rings is 1. The molecule has 1 aliphatic heterocycles.